The first-order chi connectivity index (χ1) is 9.78. The van der Waals surface area contributed by atoms with Crippen LogP contribution in [0.4, 0.5) is 5.69 Å². The standard InChI is InChI=1S/C17H21NOS/c1-14-6-3-8-16(12-14)19-11-5-10-18-15-7-4-9-17(13-15)20-2/h3-4,6-9,12-13,18H,5,10-11H2,1-2H3. The van der Waals surface area contributed by atoms with E-state index in [0.717, 1.165) is 25.3 Å². The lowest BCUT2D eigenvalue weighted by atomic mass is 10.2. The van der Waals surface area contributed by atoms with Crippen LogP contribution >= 0.6 is 11.8 Å². The number of benzene rings is 2. The molecule has 0 aliphatic heterocycles. The van der Waals surface area contributed by atoms with E-state index in [1.54, 1.807) is 11.8 Å². The number of hydrogen-bond donors (Lipinski definition) is 1. The molecular formula is C17H21NOS. The minimum absolute atomic E-state index is 0.735. The van der Waals surface area contributed by atoms with Crippen molar-refractivity contribution in [2.45, 2.75) is 18.2 Å². The Morgan fingerprint density at radius 2 is 1.95 bits per heavy atom. The highest BCUT2D eigenvalue weighted by Gasteiger charge is 1.96. The Labute approximate surface area is 125 Å². The predicted octanol–water partition coefficient (Wildman–Crippen LogP) is 4.60. The van der Waals surface area contributed by atoms with Crippen molar-refractivity contribution in [2.75, 3.05) is 24.7 Å². The Morgan fingerprint density at radius 1 is 1.10 bits per heavy atom. The van der Waals surface area contributed by atoms with Gasteiger partial charge in [0.1, 0.15) is 5.75 Å². The fourth-order valence-electron chi connectivity index (χ4n) is 1.93. The first kappa shape index (κ1) is 14.8. The lowest BCUT2D eigenvalue weighted by molar-refractivity contribution is 0.315. The van der Waals surface area contributed by atoms with Crippen molar-refractivity contribution >= 4 is 17.4 Å². The summed E-state index contributed by atoms with van der Waals surface area (Å²) in [4.78, 5) is 1.28. The Morgan fingerprint density at radius 3 is 2.75 bits per heavy atom. The van der Waals surface area contributed by atoms with E-state index >= 15 is 0 Å². The van der Waals surface area contributed by atoms with Gasteiger partial charge in [-0.05, 0) is 55.5 Å². The largest absolute Gasteiger partial charge is 0.494 e. The Hall–Kier alpha value is -1.61. The summed E-state index contributed by atoms with van der Waals surface area (Å²) in [5.74, 6) is 0.953. The summed E-state index contributed by atoms with van der Waals surface area (Å²) in [7, 11) is 0. The second-order valence-corrected chi connectivity index (χ2v) is 5.56. The molecule has 0 aliphatic rings. The normalized spacial score (nSPS) is 10.3. The van der Waals surface area contributed by atoms with Crippen LogP contribution in [0.1, 0.15) is 12.0 Å². The molecule has 0 atom stereocenters. The van der Waals surface area contributed by atoms with Gasteiger partial charge >= 0.3 is 0 Å². The van der Waals surface area contributed by atoms with E-state index in [-0.39, 0.29) is 0 Å². The second-order valence-electron chi connectivity index (χ2n) is 4.68. The number of anilines is 1. The quantitative estimate of drug-likeness (QED) is 0.594. The Bertz CT molecular complexity index is 542. The maximum atomic E-state index is 5.73. The summed E-state index contributed by atoms with van der Waals surface area (Å²) in [6.07, 6.45) is 3.08. The van der Waals surface area contributed by atoms with Crippen molar-refractivity contribution in [1.82, 2.24) is 0 Å². The van der Waals surface area contributed by atoms with E-state index in [2.05, 4.69) is 54.9 Å². The first-order valence-corrected chi connectivity index (χ1v) is 8.08. The van der Waals surface area contributed by atoms with E-state index in [9.17, 15) is 0 Å². The van der Waals surface area contributed by atoms with Gasteiger partial charge < -0.3 is 10.1 Å². The first-order valence-electron chi connectivity index (χ1n) is 6.85. The lowest BCUT2D eigenvalue weighted by Gasteiger charge is -2.09. The molecule has 3 heteroatoms. The number of hydrogen-bond acceptors (Lipinski definition) is 3. The molecule has 2 aromatic carbocycles. The molecule has 20 heavy (non-hydrogen) atoms. The molecule has 106 valence electrons. The fourth-order valence-corrected chi connectivity index (χ4v) is 2.39. The van der Waals surface area contributed by atoms with E-state index in [1.165, 1.54) is 16.1 Å². The molecule has 0 saturated heterocycles. The summed E-state index contributed by atoms with van der Waals surface area (Å²) in [6.45, 7) is 3.73. The van der Waals surface area contributed by atoms with Gasteiger partial charge in [0.2, 0.25) is 0 Å². The summed E-state index contributed by atoms with van der Waals surface area (Å²) >= 11 is 1.76. The van der Waals surface area contributed by atoms with Gasteiger partial charge in [-0.1, -0.05) is 18.2 Å². The number of ether oxygens (including phenoxy) is 1. The maximum Gasteiger partial charge on any atom is 0.119 e. The highest BCUT2D eigenvalue weighted by molar-refractivity contribution is 7.98. The number of thioether (sulfide) groups is 1. The summed E-state index contributed by atoms with van der Waals surface area (Å²) in [5.41, 5.74) is 2.40. The smallest absolute Gasteiger partial charge is 0.119 e. The van der Waals surface area contributed by atoms with Crippen molar-refractivity contribution in [2.24, 2.45) is 0 Å². The number of aryl methyl sites for hydroxylation is 1. The molecule has 0 radical (unpaired) electrons. The van der Waals surface area contributed by atoms with Crippen LogP contribution in [0.2, 0.25) is 0 Å². The van der Waals surface area contributed by atoms with Crippen molar-refractivity contribution in [3.63, 3.8) is 0 Å². The SMILES string of the molecule is CSc1cccc(NCCCOc2cccc(C)c2)c1. The Balaban J connectivity index is 1.68. The molecule has 0 saturated carbocycles. The zero-order chi connectivity index (χ0) is 14.2. The average Bonchev–Trinajstić information content (AvgIpc) is 2.47. The van der Waals surface area contributed by atoms with Crippen LogP contribution in [0.15, 0.2) is 53.4 Å². The summed E-state index contributed by atoms with van der Waals surface area (Å²) < 4.78 is 5.73. The maximum absolute atomic E-state index is 5.73. The third-order valence-electron chi connectivity index (χ3n) is 2.98. The topological polar surface area (TPSA) is 21.3 Å². The molecule has 0 aliphatic carbocycles. The van der Waals surface area contributed by atoms with E-state index < -0.39 is 0 Å². The van der Waals surface area contributed by atoms with Gasteiger partial charge in [-0.2, -0.15) is 0 Å². The van der Waals surface area contributed by atoms with Crippen LogP contribution < -0.4 is 10.1 Å². The second kappa shape index (κ2) is 7.85. The van der Waals surface area contributed by atoms with Gasteiger partial charge in [-0.3, -0.25) is 0 Å². The average molecular weight is 287 g/mol. The highest BCUT2D eigenvalue weighted by atomic mass is 32.2. The molecule has 2 nitrogen and oxygen atoms in total. The Kier molecular flexibility index (Phi) is 5.81. The molecule has 0 aromatic heterocycles. The number of rotatable bonds is 7. The van der Waals surface area contributed by atoms with Gasteiger partial charge in [-0.25, -0.2) is 0 Å². The van der Waals surface area contributed by atoms with Crippen molar-refractivity contribution in [3.8, 4) is 5.75 Å². The zero-order valence-corrected chi connectivity index (χ0v) is 12.9. The van der Waals surface area contributed by atoms with E-state index in [1.807, 2.05) is 12.1 Å². The van der Waals surface area contributed by atoms with Gasteiger partial charge in [0, 0.05) is 17.1 Å². The molecule has 0 unspecified atom stereocenters. The monoisotopic (exact) mass is 287 g/mol. The van der Waals surface area contributed by atoms with Crippen LogP contribution in [0.25, 0.3) is 0 Å². The van der Waals surface area contributed by atoms with Crippen molar-refractivity contribution in [1.29, 1.82) is 0 Å². The summed E-state index contributed by atoms with van der Waals surface area (Å²) in [5, 5.41) is 3.42. The molecule has 2 aromatic rings. The van der Waals surface area contributed by atoms with Gasteiger partial charge in [0.05, 0.1) is 6.61 Å². The van der Waals surface area contributed by atoms with E-state index in [0.29, 0.717) is 0 Å². The molecule has 2 rings (SSSR count). The fraction of sp³-hybridized carbons (Fsp3) is 0.294. The molecule has 1 N–H and O–H groups in total. The van der Waals surface area contributed by atoms with Crippen LogP contribution in [0, 0.1) is 6.92 Å². The third kappa shape index (κ3) is 4.82. The van der Waals surface area contributed by atoms with Gasteiger partial charge in [-0.15, -0.1) is 11.8 Å². The molecule has 0 spiro atoms. The number of nitrogens with one attached hydrogen (secondary N) is 1. The lowest BCUT2D eigenvalue weighted by Crippen LogP contribution is -2.07. The predicted molar refractivity (Wildman–Crippen MR) is 88.0 cm³/mol. The van der Waals surface area contributed by atoms with Crippen LogP contribution in [-0.2, 0) is 0 Å². The van der Waals surface area contributed by atoms with Crippen molar-refractivity contribution in [3.05, 3.63) is 54.1 Å². The minimum atomic E-state index is 0.735. The van der Waals surface area contributed by atoms with Crippen LogP contribution in [0.3, 0.4) is 0 Å². The third-order valence-corrected chi connectivity index (χ3v) is 3.70. The molecular weight excluding hydrogens is 266 g/mol. The van der Waals surface area contributed by atoms with Crippen molar-refractivity contribution < 1.29 is 4.74 Å². The molecule has 0 bridgehead atoms. The van der Waals surface area contributed by atoms with E-state index in [4.69, 9.17) is 4.74 Å². The minimum Gasteiger partial charge on any atom is -0.494 e. The van der Waals surface area contributed by atoms with Gasteiger partial charge in [0.25, 0.3) is 0 Å². The molecule has 0 heterocycles. The molecule has 0 fully saturated rings. The van der Waals surface area contributed by atoms with Crippen LogP contribution in [0.5, 0.6) is 5.75 Å². The van der Waals surface area contributed by atoms with Gasteiger partial charge in [0.15, 0.2) is 0 Å². The molecule has 0 amide bonds. The highest BCUT2D eigenvalue weighted by Crippen LogP contribution is 2.18. The zero-order valence-electron chi connectivity index (χ0n) is 12.1. The summed E-state index contributed by atoms with van der Waals surface area (Å²) in [6, 6.07) is 16.6. The van der Waals surface area contributed by atoms with Crippen LogP contribution in [-0.4, -0.2) is 19.4 Å².